The predicted molar refractivity (Wildman–Crippen MR) is 125 cm³/mol. The molecule has 2 aromatic carbocycles. The maximum Gasteiger partial charge on any atom is 0.425 e. The first-order valence-corrected chi connectivity index (χ1v) is 11.9. The zero-order valence-electron chi connectivity index (χ0n) is 20.5. The number of rotatable bonds is 10. The van der Waals surface area contributed by atoms with Crippen LogP contribution >= 0.6 is 0 Å². The second-order valence-corrected chi connectivity index (χ2v) is 8.86. The maximum atomic E-state index is 13.8. The standard InChI is InChI=1S/C27H29F3O7/c1-17(25(32)34-16-19-9-5-3-6-10-19)22-14-13-21(36-22)15-23(27(28,29)30)37-26(33)24(35-18(2)31)20-11-7-4-8-12-20/h3-12,17,21-24H,13-16H2,1-2H3/t17-,21+,22-,23-,24-/m0/s1. The Balaban J connectivity index is 1.59. The van der Waals surface area contributed by atoms with Gasteiger partial charge >= 0.3 is 24.1 Å². The molecule has 1 heterocycles. The van der Waals surface area contributed by atoms with E-state index >= 15 is 0 Å². The monoisotopic (exact) mass is 522 g/mol. The van der Waals surface area contributed by atoms with E-state index in [0.29, 0.717) is 6.42 Å². The number of carbonyl (C=O) groups is 3. The van der Waals surface area contributed by atoms with E-state index in [1.807, 2.05) is 30.3 Å². The van der Waals surface area contributed by atoms with Gasteiger partial charge in [0.1, 0.15) is 6.61 Å². The average molecular weight is 523 g/mol. The lowest BCUT2D eigenvalue weighted by Crippen LogP contribution is -2.39. The Morgan fingerprint density at radius 1 is 0.946 bits per heavy atom. The van der Waals surface area contributed by atoms with Crippen LogP contribution in [-0.4, -0.2) is 42.4 Å². The van der Waals surface area contributed by atoms with Crippen molar-refractivity contribution in [2.24, 2.45) is 5.92 Å². The number of hydrogen-bond donors (Lipinski definition) is 0. The molecule has 200 valence electrons. The van der Waals surface area contributed by atoms with Crippen LogP contribution in [0.1, 0.15) is 50.3 Å². The summed E-state index contributed by atoms with van der Waals surface area (Å²) in [6.07, 6.45) is -10.6. The molecular formula is C27H29F3O7. The second-order valence-electron chi connectivity index (χ2n) is 8.86. The van der Waals surface area contributed by atoms with Crippen LogP contribution in [0, 0.1) is 5.92 Å². The van der Waals surface area contributed by atoms with E-state index in [4.69, 9.17) is 18.9 Å². The van der Waals surface area contributed by atoms with Crippen molar-refractivity contribution in [3.8, 4) is 0 Å². The highest BCUT2D eigenvalue weighted by molar-refractivity contribution is 5.80. The molecule has 37 heavy (non-hydrogen) atoms. The third kappa shape index (κ3) is 8.31. The third-order valence-electron chi connectivity index (χ3n) is 5.99. The van der Waals surface area contributed by atoms with Gasteiger partial charge in [-0.15, -0.1) is 0 Å². The van der Waals surface area contributed by atoms with Gasteiger partial charge in [0.05, 0.1) is 18.1 Å². The number of esters is 3. The van der Waals surface area contributed by atoms with Crippen molar-refractivity contribution >= 4 is 17.9 Å². The fourth-order valence-electron chi connectivity index (χ4n) is 4.02. The van der Waals surface area contributed by atoms with Gasteiger partial charge < -0.3 is 18.9 Å². The smallest absolute Gasteiger partial charge is 0.425 e. The first-order valence-electron chi connectivity index (χ1n) is 11.9. The van der Waals surface area contributed by atoms with Crippen molar-refractivity contribution in [3.63, 3.8) is 0 Å². The summed E-state index contributed by atoms with van der Waals surface area (Å²) in [6, 6.07) is 16.7. The molecule has 10 heteroatoms. The van der Waals surface area contributed by atoms with Gasteiger partial charge in [-0.1, -0.05) is 60.7 Å². The van der Waals surface area contributed by atoms with Crippen molar-refractivity contribution in [3.05, 3.63) is 71.8 Å². The van der Waals surface area contributed by atoms with Gasteiger partial charge in [0.15, 0.2) is 6.10 Å². The van der Waals surface area contributed by atoms with E-state index in [1.54, 1.807) is 25.1 Å². The molecule has 7 nitrogen and oxygen atoms in total. The van der Waals surface area contributed by atoms with Gasteiger partial charge in [-0.25, -0.2) is 4.79 Å². The van der Waals surface area contributed by atoms with E-state index in [2.05, 4.69) is 0 Å². The molecule has 0 aliphatic carbocycles. The molecule has 0 radical (unpaired) electrons. The van der Waals surface area contributed by atoms with Gasteiger partial charge in [0.25, 0.3) is 0 Å². The Bertz CT molecular complexity index is 1040. The van der Waals surface area contributed by atoms with Crippen LogP contribution in [-0.2, 0) is 39.9 Å². The molecule has 0 N–H and O–H groups in total. The highest BCUT2D eigenvalue weighted by Gasteiger charge is 2.47. The van der Waals surface area contributed by atoms with E-state index in [0.717, 1.165) is 12.5 Å². The number of hydrogen-bond acceptors (Lipinski definition) is 7. The van der Waals surface area contributed by atoms with Gasteiger partial charge in [-0.05, 0) is 25.3 Å². The van der Waals surface area contributed by atoms with Crippen molar-refractivity contribution in [1.82, 2.24) is 0 Å². The normalized spacial score (nSPS) is 19.9. The van der Waals surface area contributed by atoms with Crippen molar-refractivity contribution in [2.75, 3.05) is 0 Å². The summed E-state index contributed by atoms with van der Waals surface area (Å²) in [5.41, 5.74) is 0.995. The Labute approximate surface area is 212 Å². The first kappa shape index (κ1) is 28.2. The fraction of sp³-hybridized carbons (Fsp3) is 0.444. The summed E-state index contributed by atoms with van der Waals surface area (Å²) in [5.74, 6) is -3.38. The minimum absolute atomic E-state index is 0.0805. The van der Waals surface area contributed by atoms with E-state index in [9.17, 15) is 27.6 Å². The lowest BCUT2D eigenvalue weighted by atomic mass is 10.0. The molecule has 0 bridgehead atoms. The molecule has 1 aliphatic heterocycles. The summed E-state index contributed by atoms with van der Waals surface area (Å²) in [5, 5.41) is 0. The SMILES string of the molecule is CC(=O)O[C@H](C(=O)O[C@@H](C[C@H]1CC[C@@H]([C@H](C)C(=O)OCc2ccccc2)O1)C(F)(F)F)c1ccccc1. The molecule has 1 aliphatic rings. The lowest BCUT2D eigenvalue weighted by molar-refractivity contribution is -0.233. The molecule has 0 aromatic heterocycles. The first-order chi connectivity index (χ1) is 17.5. The minimum atomic E-state index is -4.88. The molecule has 0 spiro atoms. The average Bonchev–Trinajstić information content (AvgIpc) is 3.34. The van der Waals surface area contributed by atoms with Crippen LogP contribution in [0.2, 0.25) is 0 Å². The molecular weight excluding hydrogens is 493 g/mol. The Morgan fingerprint density at radius 3 is 2.16 bits per heavy atom. The summed E-state index contributed by atoms with van der Waals surface area (Å²) in [6.45, 7) is 2.73. The molecule has 0 saturated carbocycles. The molecule has 0 amide bonds. The number of alkyl halides is 3. The minimum Gasteiger partial charge on any atom is -0.461 e. The summed E-state index contributed by atoms with van der Waals surface area (Å²) >= 11 is 0. The molecule has 1 saturated heterocycles. The molecule has 0 unspecified atom stereocenters. The molecule has 5 atom stereocenters. The summed E-state index contributed by atoms with van der Waals surface area (Å²) in [7, 11) is 0. The quantitative estimate of drug-likeness (QED) is 0.318. The van der Waals surface area contributed by atoms with Crippen LogP contribution in [0.4, 0.5) is 13.2 Å². The number of carbonyl (C=O) groups excluding carboxylic acids is 3. The van der Waals surface area contributed by atoms with Crippen LogP contribution in [0.3, 0.4) is 0 Å². The summed E-state index contributed by atoms with van der Waals surface area (Å²) in [4.78, 5) is 36.6. The van der Waals surface area contributed by atoms with Crippen molar-refractivity contribution < 1.29 is 46.5 Å². The van der Waals surface area contributed by atoms with Crippen LogP contribution < -0.4 is 0 Å². The topological polar surface area (TPSA) is 88.1 Å². The number of halogens is 3. The van der Waals surface area contributed by atoms with Gasteiger partial charge in [0, 0.05) is 18.9 Å². The van der Waals surface area contributed by atoms with Crippen molar-refractivity contribution in [1.29, 1.82) is 0 Å². The third-order valence-corrected chi connectivity index (χ3v) is 5.99. The van der Waals surface area contributed by atoms with Crippen molar-refractivity contribution in [2.45, 2.75) is 70.3 Å². The fourth-order valence-corrected chi connectivity index (χ4v) is 4.02. The molecule has 3 rings (SSSR count). The lowest BCUT2D eigenvalue weighted by Gasteiger charge is -2.26. The maximum absolute atomic E-state index is 13.8. The van der Waals surface area contributed by atoms with Gasteiger partial charge in [0.2, 0.25) is 6.10 Å². The van der Waals surface area contributed by atoms with Gasteiger partial charge in [-0.3, -0.25) is 9.59 Å². The van der Waals surface area contributed by atoms with E-state index in [1.165, 1.54) is 12.1 Å². The largest absolute Gasteiger partial charge is 0.461 e. The summed E-state index contributed by atoms with van der Waals surface area (Å²) < 4.78 is 62.2. The van der Waals surface area contributed by atoms with E-state index in [-0.39, 0.29) is 18.6 Å². The van der Waals surface area contributed by atoms with Crippen LogP contribution in [0.25, 0.3) is 0 Å². The van der Waals surface area contributed by atoms with E-state index < -0.39 is 60.8 Å². The number of benzene rings is 2. The highest BCUT2D eigenvalue weighted by Crippen LogP contribution is 2.35. The Morgan fingerprint density at radius 2 is 1.57 bits per heavy atom. The molecule has 1 fully saturated rings. The Kier molecular flexibility index (Phi) is 9.68. The zero-order valence-corrected chi connectivity index (χ0v) is 20.5. The highest BCUT2D eigenvalue weighted by atomic mass is 19.4. The second kappa shape index (κ2) is 12.7. The predicted octanol–water partition coefficient (Wildman–Crippen LogP) is 5.08. The Hall–Kier alpha value is -3.40. The van der Waals surface area contributed by atoms with Gasteiger partial charge in [-0.2, -0.15) is 13.2 Å². The zero-order chi connectivity index (χ0) is 27.0. The van der Waals surface area contributed by atoms with Crippen LogP contribution in [0.5, 0.6) is 0 Å². The van der Waals surface area contributed by atoms with Crippen LogP contribution in [0.15, 0.2) is 60.7 Å². The molecule has 2 aromatic rings. The number of ether oxygens (including phenoxy) is 4.